The van der Waals surface area contributed by atoms with Crippen LogP contribution in [0, 0.1) is 5.82 Å². The van der Waals surface area contributed by atoms with Crippen molar-refractivity contribution in [2.45, 2.75) is 31.8 Å². The van der Waals surface area contributed by atoms with E-state index in [-0.39, 0.29) is 17.8 Å². The summed E-state index contributed by atoms with van der Waals surface area (Å²) in [6.45, 7) is 2.63. The maximum atomic E-state index is 13.0. The Labute approximate surface area is 163 Å². The van der Waals surface area contributed by atoms with Crippen molar-refractivity contribution < 1.29 is 9.18 Å². The van der Waals surface area contributed by atoms with E-state index in [4.69, 9.17) is 23.2 Å². The van der Waals surface area contributed by atoms with E-state index < -0.39 is 0 Å². The predicted octanol–water partition coefficient (Wildman–Crippen LogP) is 4.46. The molecule has 138 valence electrons. The number of likely N-dealkylation sites (tertiary alicyclic amines) is 1. The Morgan fingerprint density at radius 2 is 1.69 bits per heavy atom. The molecule has 2 aromatic carbocycles. The van der Waals surface area contributed by atoms with Crippen LogP contribution in [0.4, 0.5) is 4.39 Å². The van der Waals surface area contributed by atoms with Gasteiger partial charge in [0.25, 0.3) is 0 Å². The molecule has 0 aliphatic carbocycles. The van der Waals surface area contributed by atoms with Gasteiger partial charge in [-0.3, -0.25) is 9.69 Å². The highest BCUT2D eigenvalue weighted by atomic mass is 35.5. The van der Waals surface area contributed by atoms with Crippen LogP contribution in [-0.4, -0.2) is 29.9 Å². The number of amides is 1. The molecule has 1 fully saturated rings. The Morgan fingerprint density at radius 3 is 2.35 bits per heavy atom. The highest BCUT2D eigenvalue weighted by Crippen LogP contribution is 2.23. The average Bonchev–Trinajstić information content (AvgIpc) is 2.62. The molecule has 0 bridgehead atoms. The van der Waals surface area contributed by atoms with Gasteiger partial charge in [-0.15, -0.1) is 0 Å². The number of rotatable bonds is 5. The summed E-state index contributed by atoms with van der Waals surface area (Å²) in [5.74, 6) is -0.211. The fourth-order valence-electron chi connectivity index (χ4n) is 3.20. The van der Waals surface area contributed by atoms with Crippen LogP contribution in [0.1, 0.15) is 24.0 Å². The topological polar surface area (TPSA) is 32.3 Å². The first-order valence-electron chi connectivity index (χ1n) is 8.69. The monoisotopic (exact) mass is 394 g/mol. The van der Waals surface area contributed by atoms with Gasteiger partial charge in [0, 0.05) is 25.7 Å². The molecule has 0 atom stereocenters. The van der Waals surface area contributed by atoms with Crippen LogP contribution >= 0.6 is 23.2 Å². The van der Waals surface area contributed by atoms with E-state index in [1.54, 1.807) is 12.1 Å². The molecule has 1 saturated heterocycles. The lowest BCUT2D eigenvalue weighted by Gasteiger charge is -2.32. The van der Waals surface area contributed by atoms with E-state index >= 15 is 0 Å². The van der Waals surface area contributed by atoms with Crippen molar-refractivity contribution in [2.24, 2.45) is 0 Å². The van der Waals surface area contributed by atoms with E-state index in [0.29, 0.717) is 16.5 Å². The Bertz CT molecular complexity index is 759. The van der Waals surface area contributed by atoms with E-state index in [1.807, 2.05) is 18.2 Å². The molecule has 3 rings (SSSR count). The van der Waals surface area contributed by atoms with Crippen molar-refractivity contribution >= 4 is 29.1 Å². The number of hydrogen-bond acceptors (Lipinski definition) is 2. The summed E-state index contributed by atoms with van der Waals surface area (Å²) in [6.07, 6.45) is 2.12. The standard InChI is InChI=1S/C20H21Cl2FN2O/c21-18-6-3-15(11-19(18)22)12-20(26)24-17-7-9-25(10-8-17)13-14-1-4-16(23)5-2-14/h1-6,11,17H,7-10,12-13H2,(H,24,26). The lowest BCUT2D eigenvalue weighted by molar-refractivity contribution is -0.121. The zero-order chi connectivity index (χ0) is 18.5. The molecule has 3 nitrogen and oxygen atoms in total. The van der Waals surface area contributed by atoms with Crippen LogP contribution < -0.4 is 5.32 Å². The minimum absolute atomic E-state index is 0.000346. The van der Waals surface area contributed by atoms with Crippen molar-refractivity contribution in [3.05, 3.63) is 69.5 Å². The SMILES string of the molecule is O=C(Cc1ccc(Cl)c(Cl)c1)NC1CCN(Cc2ccc(F)cc2)CC1. The van der Waals surface area contributed by atoms with Gasteiger partial charge in [-0.25, -0.2) is 4.39 Å². The van der Waals surface area contributed by atoms with Gasteiger partial charge in [0.15, 0.2) is 0 Å². The zero-order valence-corrected chi connectivity index (χ0v) is 15.9. The Balaban J connectivity index is 1.43. The number of nitrogens with zero attached hydrogens (tertiary/aromatic N) is 1. The fraction of sp³-hybridized carbons (Fsp3) is 0.350. The summed E-state index contributed by atoms with van der Waals surface area (Å²) in [6, 6.07) is 12.1. The summed E-state index contributed by atoms with van der Waals surface area (Å²) >= 11 is 11.9. The van der Waals surface area contributed by atoms with E-state index in [2.05, 4.69) is 10.2 Å². The van der Waals surface area contributed by atoms with Gasteiger partial charge in [-0.1, -0.05) is 41.4 Å². The van der Waals surface area contributed by atoms with Crippen LogP contribution in [-0.2, 0) is 17.8 Å². The molecule has 0 spiro atoms. The van der Waals surface area contributed by atoms with E-state index in [9.17, 15) is 9.18 Å². The second-order valence-corrected chi connectivity index (χ2v) is 7.48. The Morgan fingerprint density at radius 1 is 1.04 bits per heavy atom. The summed E-state index contributed by atoms with van der Waals surface area (Å²) in [4.78, 5) is 14.6. The van der Waals surface area contributed by atoms with Crippen LogP contribution in [0.15, 0.2) is 42.5 Å². The highest BCUT2D eigenvalue weighted by Gasteiger charge is 2.20. The first-order chi connectivity index (χ1) is 12.5. The summed E-state index contributed by atoms with van der Waals surface area (Å²) < 4.78 is 13.0. The third-order valence-electron chi connectivity index (χ3n) is 4.62. The molecule has 0 unspecified atom stereocenters. The summed E-state index contributed by atoms with van der Waals surface area (Å²) in [5.41, 5.74) is 1.96. The molecule has 0 radical (unpaired) electrons. The molecule has 0 saturated carbocycles. The molecule has 26 heavy (non-hydrogen) atoms. The minimum Gasteiger partial charge on any atom is -0.353 e. The molecular weight excluding hydrogens is 374 g/mol. The normalized spacial score (nSPS) is 15.8. The van der Waals surface area contributed by atoms with Crippen molar-refractivity contribution in [1.82, 2.24) is 10.2 Å². The van der Waals surface area contributed by atoms with Crippen molar-refractivity contribution in [3.8, 4) is 0 Å². The lowest BCUT2D eigenvalue weighted by atomic mass is 10.0. The average molecular weight is 395 g/mol. The smallest absolute Gasteiger partial charge is 0.224 e. The minimum atomic E-state index is -0.211. The predicted molar refractivity (Wildman–Crippen MR) is 103 cm³/mol. The third-order valence-corrected chi connectivity index (χ3v) is 5.36. The Kier molecular flexibility index (Phi) is 6.52. The van der Waals surface area contributed by atoms with Gasteiger partial charge in [0.1, 0.15) is 5.82 Å². The second kappa shape index (κ2) is 8.85. The van der Waals surface area contributed by atoms with Crippen LogP contribution in [0.25, 0.3) is 0 Å². The molecule has 6 heteroatoms. The first-order valence-corrected chi connectivity index (χ1v) is 9.45. The number of benzene rings is 2. The summed E-state index contributed by atoms with van der Waals surface area (Å²) in [7, 11) is 0. The van der Waals surface area contributed by atoms with Gasteiger partial charge in [0.05, 0.1) is 16.5 Å². The van der Waals surface area contributed by atoms with Gasteiger partial charge < -0.3 is 5.32 Å². The van der Waals surface area contributed by atoms with Crippen LogP contribution in [0.3, 0.4) is 0 Å². The molecular formula is C20H21Cl2FN2O. The molecule has 2 aromatic rings. The first kappa shape index (κ1) is 19.2. The number of piperidine rings is 1. The molecule has 1 heterocycles. The molecule has 1 aliphatic heterocycles. The van der Waals surface area contributed by atoms with Crippen LogP contribution in [0.2, 0.25) is 10.0 Å². The van der Waals surface area contributed by atoms with Crippen molar-refractivity contribution in [2.75, 3.05) is 13.1 Å². The number of carbonyl (C=O) groups is 1. The number of carbonyl (C=O) groups excluding carboxylic acids is 1. The molecule has 1 N–H and O–H groups in total. The fourth-order valence-corrected chi connectivity index (χ4v) is 3.52. The van der Waals surface area contributed by atoms with E-state index in [1.165, 1.54) is 12.1 Å². The van der Waals surface area contributed by atoms with Crippen LogP contribution in [0.5, 0.6) is 0 Å². The summed E-state index contributed by atoms with van der Waals surface area (Å²) in [5, 5.41) is 4.06. The number of hydrogen-bond donors (Lipinski definition) is 1. The van der Waals surface area contributed by atoms with Gasteiger partial charge >= 0.3 is 0 Å². The number of halogens is 3. The molecule has 1 amide bonds. The van der Waals surface area contributed by atoms with Crippen molar-refractivity contribution in [3.63, 3.8) is 0 Å². The zero-order valence-electron chi connectivity index (χ0n) is 14.4. The highest BCUT2D eigenvalue weighted by molar-refractivity contribution is 6.42. The van der Waals surface area contributed by atoms with Gasteiger partial charge in [0.2, 0.25) is 5.91 Å². The molecule has 1 aliphatic rings. The quantitative estimate of drug-likeness (QED) is 0.811. The third kappa shape index (κ3) is 5.44. The van der Waals surface area contributed by atoms with Gasteiger partial charge in [-0.05, 0) is 48.2 Å². The Hall–Kier alpha value is -1.62. The maximum absolute atomic E-state index is 13.0. The molecule has 0 aromatic heterocycles. The largest absolute Gasteiger partial charge is 0.353 e. The number of nitrogens with one attached hydrogen (secondary N) is 1. The van der Waals surface area contributed by atoms with Crippen molar-refractivity contribution in [1.29, 1.82) is 0 Å². The maximum Gasteiger partial charge on any atom is 0.224 e. The lowest BCUT2D eigenvalue weighted by Crippen LogP contribution is -2.44. The van der Waals surface area contributed by atoms with Gasteiger partial charge in [-0.2, -0.15) is 0 Å². The van der Waals surface area contributed by atoms with E-state index in [0.717, 1.165) is 43.6 Å². The second-order valence-electron chi connectivity index (χ2n) is 6.67.